The molecule has 1 heterocycles. The van der Waals surface area contributed by atoms with Crippen molar-refractivity contribution >= 4 is 28.8 Å². The van der Waals surface area contributed by atoms with E-state index < -0.39 is 18.3 Å². The highest BCUT2D eigenvalue weighted by atomic mass is 19.3. The van der Waals surface area contributed by atoms with Crippen molar-refractivity contribution in [3.63, 3.8) is 0 Å². The van der Waals surface area contributed by atoms with Crippen LogP contribution in [0.3, 0.4) is 0 Å². The fraction of sp³-hybridized carbons (Fsp3) is 0.111. The van der Waals surface area contributed by atoms with Crippen molar-refractivity contribution in [2.45, 2.75) is 6.61 Å². The van der Waals surface area contributed by atoms with Gasteiger partial charge >= 0.3 is 12.4 Å². The Morgan fingerprint density at radius 1 is 1.30 bits per heavy atom. The second-order valence-electron chi connectivity index (χ2n) is 5.31. The van der Waals surface area contributed by atoms with E-state index in [2.05, 4.69) is 15.0 Å². The van der Waals surface area contributed by atoms with Crippen molar-refractivity contribution in [3.8, 4) is 11.5 Å². The highest BCUT2D eigenvalue weighted by Crippen LogP contribution is 2.33. The number of ether oxygens (including phenoxy) is 2. The Bertz CT molecular complexity index is 1060. The lowest BCUT2D eigenvalue weighted by Gasteiger charge is -2.12. The third-order valence-electron chi connectivity index (χ3n) is 3.54. The quantitative estimate of drug-likeness (QED) is 0.644. The summed E-state index contributed by atoms with van der Waals surface area (Å²) in [6, 6.07) is 9.17. The molecule has 0 aliphatic heterocycles. The number of H-pyrrole nitrogens is 1. The van der Waals surface area contributed by atoms with Gasteiger partial charge in [-0.25, -0.2) is 4.79 Å². The number of halogens is 2. The molecule has 0 aliphatic rings. The van der Waals surface area contributed by atoms with E-state index in [1.54, 1.807) is 12.1 Å². The molecule has 3 rings (SSSR count). The highest BCUT2D eigenvalue weighted by Gasteiger charge is 2.14. The van der Waals surface area contributed by atoms with E-state index in [0.29, 0.717) is 16.8 Å². The van der Waals surface area contributed by atoms with Gasteiger partial charge < -0.3 is 19.2 Å². The lowest BCUT2D eigenvalue weighted by atomic mass is 10.1. The number of carbonyl (C=O) groups excluding carboxylic acids is 1. The highest BCUT2D eigenvalue weighted by molar-refractivity contribution is 6.02. The Balaban J connectivity index is 1.78. The number of aromatic amines is 1. The molecule has 0 saturated heterocycles. The zero-order valence-corrected chi connectivity index (χ0v) is 14.0. The standard InChI is InChI=1S/C18H14F2N2O5/c1-25-14-4-2-3-10(16(14)27-17(19)20)5-8-15(23)21-11-6-7-13-12(9-11)22-18(24)26-13/h2-9,17H,1H3,(H,21,23)(H,22,24)/b8-5+. The number of alkyl halides is 2. The van der Waals surface area contributed by atoms with Gasteiger partial charge in [-0.1, -0.05) is 12.1 Å². The van der Waals surface area contributed by atoms with E-state index in [-0.39, 0.29) is 17.1 Å². The van der Waals surface area contributed by atoms with Crippen molar-refractivity contribution in [1.82, 2.24) is 4.98 Å². The molecule has 0 spiro atoms. The number of benzene rings is 2. The fourth-order valence-corrected chi connectivity index (χ4v) is 2.42. The number of oxazole rings is 1. The number of hydrogen-bond acceptors (Lipinski definition) is 5. The third-order valence-corrected chi connectivity index (χ3v) is 3.54. The fourth-order valence-electron chi connectivity index (χ4n) is 2.42. The maximum absolute atomic E-state index is 12.6. The maximum atomic E-state index is 12.6. The average molecular weight is 376 g/mol. The number of anilines is 1. The summed E-state index contributed by atoms with van der Waals surface area (Å²) < 4.78 is 39.6. The minimum absolute atomic E-state index is 0.118. The summed E-state index contributed by atoms with van der Waals surface area (Å²) in [6.07, 6.45) is 2.49. The Kier molecular flexibility index (Phi) is 5.20. The van der Waals surface area contributed by atoms with Crippen LogP contribution in [0.4, 0.5) is 14.5 Å². The zero-order chi connectivity index (χ0) is 19.4. The van der Waals surface area contributed by atoms with E-state index in [4.69, 9.17) is 9.15 Å². The predicted octanol–water partition coefficient (Wildman–Crippen LogP) is 3.38. The number of carbonyl (C=O) groups is 1. The first-order chi connectivity index (χ1) is 13.0. The Morgan fingerprint density at radius 2 is 2.11 bits per heavy atom. The lowest BCUT2D eigenvalue weighted by Crippen LogP contribution is -2.08. The number of fused-ring (bicyclic) bond motifs is 1. The molecule has 0 fully saturated rings. The molecule has 0 aliphatic carbocycles. The van der Waals surface area contributed by atoms with E-state index in [1.807, 2.05) is 0 Å². The van der Waals surface area contributed by atoms with E-state index in [0.717, 1.165) is 6.08 Å². The summed E-state index contributed by atoms with van der Waals surface area (Å²) in [5.41, 5.74) is 1.46. The molecule has 9 heteroatoms. The van der Waals surface area contributed by atoms with Crippen LogP contribution in [0.15, 0.2) is 51.7 Å². The molecular weight excluding hydrogens is 362 g/mol. The molecule has 7 nitrogen and oxygen atoms in total. The van der Waals surface area contributed by atoms with Crippen molar-refractivity contribution in [3.05, 3.63) is 58.6 Å². The van der Waals surface area contributed by atoms with Crippen LogP contribution in [0.1, 0.15) is 5.56 Å². The van der Waals surface area contributed by atoms with Crippen molar-refractivity contribution in [2.24, 2.45) is 0 Å². The van der Waals surface area contributed by atoms with Crippen molar-refractivity contribution < 1.29 is 27.5 Å². The Labute approximate surface area is 151 Å². The van der Waals surface area contributed by atoms with Gasteiger partial charge in [-0.15, -0.1) is 0 Å². The molecule has 0 saturated carbocycles. The normalized spacial score (nSPS) is 11.3. The Morgan fingerprint density at radius 3 is 2.85 bits per heavy atom. The summed E-state index contributed by atoms with van der Waals surface area (Å²) in [5, 5.41) is 2.59. The molecule has 3 aromatic rings. The molecule has 2 N–H and O–H groups in total. The van der Waals surface area contributed by atoms with Gasteiger partial charge in [0.15, 0.2) is 17.1 Å². The monoisotopic (exact) mass is 376 g/mol. The van der Waals surface area contributed by atoms with E-state index in [1.165, 1.54) is 37.5 Å². The molecule has 140 valence electrons. The number of hydrogen-bond donors (Lipinski definition) is 2. The van der Waals surface area contributed by atoms with Crippen LogP contribution in [0.2, 0.25) is 0 Å². The van der Waals surface area contributed by atoms with Crippen LogP contribution in [-0.2, 0) is 4.79 Å². The smallest absolute Gasteiger partial charge is 0.417 e. The van der Waals surface area contributed by atoms with Crippen molar-refractivity contribution in [2.75, 3.05) is 12.4 Å². The third kappa shape index (κ3) is 4.32. The van der Waals surface area contributed by atoms with Gasteiger partial charge in [0.25, 0.3) is 0 Å². The predicted molar refractivity (Wildman–Crippen MR) is 94.1 cm³/mol. The number of nitrogens with one attached hydrogen (secondary N) is 2. The first kappa shape index (κ1) is 18.2. The second-order valence-corrected chi connectivity index (χ2v) is 5.31. The van der Waals surface area contributed by atoms with Crippen LogP contribution in [-0.4, -0.2) is 24.6 Å². The average Bonchev–Trinajstić information content (AvgIpc) is 2.99. The number of methoxy groups -OCH3 is 1. The van der Waals surface area contributed by atoms with Gasteiger partial charge in [0, 0.05) is 17.3 Å². The molecule has 2 aromatic carbocycles. The van der Waals surface area contributed by atoms with Gasteiger partial charge in [0.05, 0.1) is 12.6 Å². The van der Waals surface area contributed by atoms with E-state index >= 15 is 0 Å². The van der Waals surface area contributed by atoms with Gasteiger partial charge in [-0.05, 0) is 30.3 Å². The SMILES string of the molecule is COc1cccc(/C=C/C(=O)Nc2ccc3oc(=O)[nH]c3c2)c1OC(F)F. The minimum Gasteiger partial charge on any atom is -0.493 e. The van der Waals surface area contributed by atoms with Gasteiger partial charge in [0.2, 0.25) is 5.91 Å². The molecule has 0 radical (unpaired) electrons. The summed E-state index contributed by atoms with van der Waals surface area (Å²) in [7, 11) is 1.32. The molecule has 0 atom stereocenters. The molecule has 0 unspecified atom stereocenters. The number of rotatable bonds is 6. The largest absolute Gasteiger partial charge is 0.493 e. The van der Waals surface area contributed by atoms with Crippen LogP contribution in [0.5, 0.6) is 11.5 Å². The van der Waals surface area contributed by atoms with Crippen LogP contribution < -0.4 is 20.5 Å². The Hall–Kier alpha value is -3.62. The minimum atomic E-state index is -3.04. The van der Waals surface area contributed by atoms with Crippen LogP contribution in [0.25, 0.3) is 17.2 Å². The van der Waals surface area contributed by atoms with Gasteiger partial charge in [0.1, 0.15) is 0 Å². The summed E-state index contributed by atoms with van der Waals surface area (Å²) in [4.78, 5) is 25.7. The molecule has 27 heavy (non-hydrogen) atoms. The van der Waals surface area contributed by atoms with Crippen molar-refractivity contribution in [1.29, 1.82) is 0 Å². The summed E-state index contributed by atoms with van der Waals surface area (Å²) >= 11 is 0. The van der Waals surface area contributed by atoms with Crippen LogP contribution >= 0.6 is 0 Å². The number of para-hydroxylation sites is 1. The zero-order valence-electron chi connectivity index (χ0n) is 14.0. The molecule has 0 bridgehead atoms. The molecular formula is C18H14F2N2O5. The first-order valence-corrected chi connectivity index (χ1v) is 7.70. The first-order valence-electron chi connectivity index (χ1n) is 7.70. The van der Waals surface area contributed by atoms with Gasteiger partial charge in [-0.3, -0.25) is 9.78 Å². The van der Waals surface area contributed by atoms with Gasteiger partial charge in [-0.2, -0.15) is 8.78 Å². The summed E-state index contributed by atoms with van der Waals surface area (Å²) in [5.74, 6) is -1.16. The molecule has 1 aromatic heterocycles. The summed E-state index contributed by atoms with van der Waals surface area (Å²) in [6.45, 7) is -3.04. The molecule has 1 amide bonds. The number of amides is 1. The number of aromatic nitrogens is 1. The second kappa shape index (κ2) is 7.73. The lowest BCUT2D eigenvalue weighted by molar-refractivity contribution is -0.111. The van der Waals surface area contributed by atoms with E-state index in [9.17, 15) is 18.4 Å². The van der Waals surface area contributed by atoms with Crippen LogP contribution in [0, 0.1) is 0 Å². The maximum Gasteiger partial charge on any atom is 0.417 e. The topological polar surface area (TPSA) is 93.6 Å².